The van der Waals surface area contributed by atoms with E-state index in [-0.39, 0.29) is 6.04 Å². The summed E-state index contributed by atoms with van der Waals surface area (Å²) in [6.07, 6.45) is 1.63. The molecule has 1 atom stereocenters. The van der Waals surface area contributed by atoms with Crippen LogP contribution in [-0.2, 0) is 4.74 Å². The van der Waals surface area contributed by atoms with Gasteiger partial charge in [-0.3, -0.25) is 5.32 Å². The van der Waals surface area contributed by atoms with Gasteiger partial charge in [-0.1, -0.05) is 5.16 Å². The second-order valence-electron chi connectivity index (χ2n) is 2.48. The van der Waals surface area contributed by atoms with Gasteiger partial charge in [0.05, 0.1) is 19.0 Å². The fourth-order valence-corrected chi connectivity index (χ4v) is 0.836. The Morgan fingerprint density at radius 3 is 3.17 bits per heavy atom. The van der Waals surface area contributed by atoms with Crippen LogP contribution >= 0.6 is 0 Å². The zero-order chi connectivity index (χ0) is 8.81. The van der Waals surface area contributed by atoms with Gasteiger partial charge in [0, 0.05) is 12.7 Å². The Kier molecular flexibility index (Phi) is 3.76. The predicted molar refractivity (Wildman–Crippen MR) is 44.5 cm³/mol. The molecule has 4 nitrogen and oxygen atoms in total. The molecule has 0 saturated carbocycles. The standard InChI is InChI=1S/C8H14N2O2/c1-3-11-6-9-7(2)8-4-5-10-12-8/h4-5,7,9H,3,6H2,1-2H3. The summed E-state index contributed by atoms with van der Waals surface area (Å²) in [6, 6.07) is 1.99. The molecule has 0 bridgehead atoms. The third-order valence-electron chi connectivity index (χ3n) is 1.58. The van der Waals surface area contributed by atoms with E-state index >= 15 is 0 Å². The zero-order valence-electron chi connectivity index (χ0n) is 7.41. The van der Waals surface area contributed by atoms with Crippen molar-refractivity contribution in [3.8, 4) is 0 Å². The third-order valence-corrected chi connectivity index (χ3v) is 1.58. The van der Waals surface area contributed by atoms with Gasteiger partial charge in [0.2, 0.25) is 0 Å². The van der Waals surface area contributed by atoms with E-state index in [0.29, 0.717) is 6.73 Å². The summed E-state index contributed by atoms with van der Waals surface area (Å²) in [6.45, 7) is 5.22. The molecular weight excluding hydrogens is 156 g/mol. The Hall–Kier alpha value is -0.870. The molecule has 1 aromatic heterocycles. The lowest BCUT2D eigenvalue weighted by atomic mass is 10.3. The normalized spacial score (nSPS) is 13.2. The highest BCUT2D eigenvalue weighted by Gasteiger charge is 2.06. The minimum atomic E-state index is 0.152. The van der Waals surface area contributed by atoms with Crippen LogP contribution in [0.15, 0.2) is 16.8 Å². The highest BCUT2D eigenvalue weighted by molar-refractivity contribution is 4.98. The molecule has 0 fully saturated rings. The molecule has 0 aliphatic rings. The van der Waals surface area contributed by atoms with Crippen LogP contribution in [-0.4, -0.2) is 18.5 Å². The topological polar surface area (TPSA) is 47.3 Å². The van der Waals surface area contributed by atoms with E-state index in [9.17, 15) is 0 Å². The quantitative estimate of drug-likeness (QED) is 0.534. The highest BCUT2D eigenvalue weighted by Crippen LogP contribution is 2.09. The highest BCUT2D eigenvalue weighted by atomic mass is 16.5. The molecule has 4 heteroatoms. The average Bonchev–Trinajstić information content (AvgIpc) is 2.56. The number of hydrogen-bond donors (Lipinski definition) is 1. The smallest absolute Gasteiger partial charge is 0.153 e. The first kappa shape index (κ1) is 9.22. The van der Waals surface area contributed by atoms with Crippen molar-refractivity contribution in [2.45, 2.75) is 19.9 Å². The van der Waals surface area contributed by atoms with E-state index in [1.807, 2.05) is 19.9 Å². The Bertz CT molecular complexity index is 199. The lowest BCUT2D eigenvalue weighted by molar-refractivity contribution is 0.117. The van der Waals surface area contributed by atoms with E-state index in [1.54, 1.807) is 6.20 Å². The number of rotatable bonds is 5. The van der Waals surface area contributed by atoms with Gasteiger partial charge in [-0.05, 0) is 13.8 Å². The summed E-state index contributed by atoms with van der Waals surface area (Å²) in [7, 11) is 0. The van der Waals surface area contributed by atoms with Gasteiger partial charge < -0.3 is 9.26 Å². The maximum Gasteiger partial charge on any atom is 0.153 e. The first-order valence-corrected chi connectivity index (χ1v) is 4.06. The van der Waals surface area contributed by atoms with E-state index in [2.05, 4.69) is 10.5 Å². The lowest BCUT2D eigenvalue weighted by Crippen LogP contribution is -2.21. The van der Waals surface area contributed by atoms with Crippen molar-refractivity contribution in [1.82, 2.24) is 10.5 Å². The van der Waals surface area contributed by atoms with Gasteiger partial charge in [-0.15, -0.1) is 0 Å². The van der Waals surface area contributed by atoms with Crippen LogP contribution < -0.4 is 5.32 Å². The predicted octanol–water partition coefficient (Wildman–Crippen LogP) is 1.32. The summed E-state index contributed by atoms with van der Waals surface area (Å²) in [5, 5.41) is 6.75. The average molecular weight is 170 g/mol. The molecule has 1 heterocycles. The van der Waals surface area contributed by atoms with Crippen molar-refractivity contribution < 1.29 is 9.26 Å². The van der Waals surface area contributed by atoms with Gasteiger partial charge in [0.1, 0.15) is 0 Å². The Balaban J connectivity index is 2.25. The van der Waals surface area contributed by atoms with Crippen LogP contribution in [0.3, 0.4) is 0 Å². The molecule has 1 rings (SSSR count). The molecule has 0 radical (unpaired) electrons. The number of nitrogens with zero attached hydrogens (tertiary/aromatic N) is 1. The SMILES string of the molecule is CCOCNC(C)c1ccno1. The summed E-state index contributed by atoms with van der Waals surface area (Å²) in [4.78, 5) is 0. The summed E-state index contributed by atoms with van der Waals surface area (Å²) in [5.74, 6) is 0.828. The van der Waals surface area contributed by atoms with E-state index in [0.717, 1.165) is 12.4 Å². The van der Waals surface area contributed by atoms with Crippen molar-refractivity contribution in [2.24, 2.45) is 0 Å². The maximum atomic E-state index is 5.13. The van der Waals surface area contributed by atoms with Crippen LogP contribution in [0.4, 0.5) is 0 Å². The molecule has 1 aromatic rings. The monoisotopic (exact) mass is 170 g/mol. The molecule has 0 aliphatic carbocycles. The fraction of sp³-hybridized carbons (Fsp3) is 0.625. The summed E-state index contributed by atoms with van der Waals surface area (Å²) < 4.78 is 10.1. The second kappa shape index (κ2) is 4.90. The van der Waals surface area contributed by atoms with E-state index < -0.39 is 0 Å². The number of nitrogens with one attached hydrogen (secondary N) is 1. The molecule has 1 unspecified atom stereocenters. The first-order chi connectivity index (χ1) is 5.84. The molecule has 0 saturated heterocycles. The van der Waals surface area contributed by atoms with Crippen LogP contribution in [0.1, 0.15) is 25.6 Å². The van der Waals surface area contributed by atoms with Crippen molar-refractivity contribution in [1.29, 1.82) is 0 Å². The van der Waals surface area contributed by atoms with Crippen LogP contribution in [0.25, 0.3) is 0 Å². The number of aromatic nitrogens is 1. The minimum Gasteiger partial charge on any atom is -0.367 e. The van der Waals surface area contributed by atoms with Gasteiger partial charge in [-0.25, -0.2) is 0 Å². The molecular formula is C8H14N2O2. The van der Waals surface area contributed by atoms with Gasteiger partial charge in [0.25, 0.3) is 0 Å². The molecule has 68 valence electrons. The maximum absolute atomic E-state index is 5.13. The summed E-state index contributed by atoms with van der Waals surface area (Å²) >= 11 is 0. The van der Waals surface area contributed by atoms with Crippen molar-refractivity contribution in [2.75, 3.05) is 13.3 Å². The third kappa shape index (κ3) is 2.64. The first-order valence-electron chi connectivity index (χ1n) is 4.06. The van der Waals surface area contributed by atoms with E-state index in [4.69, 9.17) is 9.26 Å². The Labute approximate surface area is 71.9 Å². The van der Waals surface area contributed by atoms with Crippen molar-refractivity contribution in [3.63, 3.8) is 0 Å². The molecule has 0 amide bonds. The fourth-order valence-electron chi connectivity index (χ4n) is 0.836. The molecule has 0 aliphatic heterocycles. The number of ether oxygens (including phenoxy) is 1. The van der Waals surface area contributed by atoms with Gasteiger partial charge in [-0.2, -0.15) is 0 Å². The Morgan fingerprint density at radius 2 is 2.58 bits per heavy atom. The molecule has 1 N–H and O–H groups in total. The second-order valence-corrected chi connectivity index (χ2v) is 2.48. The number of hydrogen-bond acceptors (Lipinski definition) is 4. The van der Waals surface area contributed by atoms with Crippen molar-refractivity contribution >= 4 is 0 Å². The van der Waals surface area contributed by atoms with Crippen LogP contribution in [0, 0.1) is 0 Å². The van der Waals surface area contributed by atoms with E-state index in [1.165, 1.54) is 0 Å². The van der Waals surface area contributed by atoms with Gasteiger partial charge >= 0.3 is 0 Å². The van der Waals surface area contributed by atoms with Crippen molar-refractivity contribution in [3.05, 3.63) is 18.0 Å². The largest absolute Gasteiger partial charge is 0.367 e. The molecule has 12 heavy (non-hydrogen) atoms. The van der Waals surface area contributed by atoms with Gasteiger partial charge in [0.15, 0.2) is 5.76 Å². The minimum absolute atomic E-state index is 0.152. The summed E-state index contributed by atoms with van der Waals surface area (Å²) in [5.41, 5.74) is 0. The lowest BCUT2D eigenvalue weighted by Gasteiger charge is -2.09. The molecule has 0 aromatic carbocycles. The molecule has 0 spiro atoms. The zero-order valence-corrected chi connectivity index (χ0v) is 7.41. The van der Waals surface area contributed by atoms with Crippen LogP contribution in [0.2, 0.25) is 0 Å². The Morgan fingerprint density at radius 1 is 1.75 bits per heavy atom. The van der Waals surface area contributed by atoms with Crippen LogP contribution in [0.5, 0.6) is 0 Å².